The highest BCUT2D eigenvalue weighted by Crippen LogP contribution is 1.82. The van der Waals surface area contributed by atoms with Crippen molar-refractivity contribution in [2.24, 2.45) is 0 Å². The Hall–Kier alpha value is -0.120. The largest absolute Gasteiger partial charge is 0.412 e. The van der Waals surface area contributed by atoms with Gasteiger partial charge in [-0.1, -0.05) is 41.5 Å². The van der Waals surface area contributed by atoms with E-state index in [1.165, 1.54) is 39.3 Å². The van der Waals surface area contributed by atoms with Crippen molar-refractivity contribution in [2.45, 2.75) is 41.5 Å². The maximum atomic E-state index is 2.38. The van der Waals surface area contributed by atoms with Gasteiger partial charge in [-0.3, -0.25) is 0 Å². The number of rotatable bonds is 6. The molecule has 0 rings (SSSR count). The van der Waals surface area contributed by atoms with Gasteiger partial charge in [-0.15, -0.1) is 0 Å². The molecule has 0 unspecified atom stereocenters. The Kier molecular flexibility index (Phi) is 22.1. The quantitative estimate of drug-likeness (QED) is 0.685. The molecule has 0 saturated carbocycles. The number of nitrogens with zero attached hydrogens (tertiary/aromatic N) is 2. The highest BCUT2D eigenvalue weighted by molar-refractivity contribution is 4.44. The Morgan fingerprint density at radius 1 is 0.467 bits per heavy atom. The van der Waals surface area contributed by atoms with Gasteiger partial charge in [0.15, 0.2) is 0 Å². The molecule has 96 valence electrons. The fourth-order valence-corrected chi connectivity index (χ4v) is 1.34. The summed E-state index contributed by atoms with van der Waals surface area (Å²) in [5.41, 5.74) is 0. The van der Waals surface area contributed by atoms with Gasteiger partial charge in [0.1, 0.15) is 0 Å². The molecule has 0 aliphatic rings. The third-order valence-electron chi connectivity index (χ3n) is 2.68. The molecule has 0 spiro atoms. The lowest BCUT2D eigenvalue weighted by atomic mass is 10.5. The molecule has 0 aromatic carbocycles. The number of hydrogen-bond acceptors (Lipinski definition) is 2. The lowest BCUT2D eigenvalue weighted by Gasteiger charge is -2.13. The molecular formula is C12H32N2O. The Morgan fingerprint density at radius 3 is 0.600 bits per heavy atom. The van der Waals surface area contributed by atoms with Crippen molar-refractivity contribution in [1.29, 1.82) is 0 Å². The zero-order valence-electron chi connectivity index (χ0n) is 11.6. The first-order valence-corrected chi connectivity index (χ1v) is 6.14. The van der Waals surface area contributed by atoms with Gasteiger partial charge in [0, 0.05) is 0 Å². The topological polar surface area (TPSA) is 38.0 Å². The lowest BCUT2D eigenvalue weighted by Crippen LogP contribution is -2.21. The summed E-state index contributed by atoms with van der Waals surface area (Å²) < 4.78 is 0. The average molecular weight is 220 g/mol. The summed E-state index contributed by atoms with van der Waals surface area (Å²) in [7, 11) is 0. The molecule has 0 amide bonds. The average Bonchev–Trinajstić information content (AvgIpc) is 2.24. The summed E-state index contributed by atoms with van der Waals surface area (Å²) in [4.78, 5) is 4.75. The van der Waals surface area contributed by atoms with Crippen LogP contribution in [0, 0.1) is 0 Å². The molecule has 0 atom stereocenters. The van der Waals surface area contributed by atoms with E-state index in [1.54, 1.807) is 0 Å². The maximum absolute atomic E-state index is 2.38. The molecule has 0 aliphatic heterocycles. The standard InChI is InChI=1S/2C6H15N.H2O/c2*1-4-7(5-2)6-3;/h2*4-6H2,1-3H3;1H2. The van der Waals surface area contributed by atoms with Crippen LogP contribution in [0.5, 0.6) is 0 Å². The second kappa shape index (κ2) is 16.3. The summed E-state index contributed by atoms with van der Waals surface area (Å²) in [5, 5.41) is 0. The molecule has 0 aromatic heterocycles. The normalized spacial score (nSPS) is 9.60. The van der Waals surface area contributed by atoms with Crippen LogP contribution < -0.4 is 0 Å². The van der Waals surface area contributed by atoms with Crippen molar-refractivity contribution in [3.63, 3.8) is 0 Å². The monoisotopic (exact) mass is 220 g/mol. The van der Waals surface area contributed by atoms with Crippen LogP contribution in [-0.2, 0) is 0 Å². The summed E-state index contributed by atoms with van der Waals surface area (Å²) in [6.45, 7) is 20.2. The van der Waals surface area contributed by atoms with Crippen LogP contribution in [0.2, 0.25) is 0 Å². The summed E-state index contributed by atoms with van der Waals surface area (Å²) in [6, 6.07) is 0. The van der Waals surface area contributed by atoms with Crippen LogP contribution in [-0.4, -0.2) is 54.5 Å². The molecule has 2 N–H and O–H groups in total. The second-order valence-electron chi connectivity index (χ2n) is 3.24. The van der Waals surface area contributed by atoms with Gasteiger partial charge >= 0.3 is 0 Å². The first kappa shape index (κ1) is 20.3. The maximum Gasteiger partial charge on any atom is -0.00474 e. The fourth-order valence-electron chi connectivity index (χ4n) is 1.34. The number of hydrogen-bond donors (Lipinski definition) is 0. The molecule has 0 aliphatic carbocycles. The Bertz CT molecular complexity index is 68.6. The predicted octanol–water partition coefficient (Wildman–Crippen LogP) is 1.87. The van der Waals surface area contributed by atoms with E-state index in [0.717, 1.165) is 0 Å². The zero-order valence-corrected chi connectivity index (χ0v) is 11.6. The lowest BCUT2D eigenvalue weighted by molar-refractivity contribution is 0.321. The highest BCUT2D eigenvalue weighted by Gasteiger charge is 1.89. The van der Waals surface area contributed by atoms with E-state index in [-0.39, 0.29) is 5.48 Å². The van der Waals surface area contributed by atoms with Gasteiger partial charge < -0.3 is 15.3 Å². The van der Waals surface area contributed by atoms with Crippen molar-refractivity contribution >= 4 is 0 Å². The minimum absolute atomic E-state index is 0. The molecular weight excluding hydrogens is 188 g/mol. The predicted molar refractivity (Wildman–Crippen MR) is 70.5 cm³/mol. The van der Waals surface area contributed by atoms with Gasteiger partial charge in [0.2, 0.25) is 0 Å². The summed E-state index contributed by atoms with van der Waals surface area (Å²) in [5.74, 6) is 0. The van der Waals surface area contributed by atoms with Crippen molar-refractivity contribution in [1.82, 2.24) is 9.80 Å². The van der Waals surface area contributed by atoms with E-state index < -0.39 is 0 Å². The van der Waals surface area contributed by atoms with Crippen molar-refractivity contribution in [3.05, 3.63) is 0 Å². The SMILES string of the molecule is CCN(CC)CC.CCN(CC)CC.O. The highest BCUT2D eigenvalue weighted by atomic mass is 16.0. The first-order chi connectivity index (χ1) is 6.69. The van der Waals surface area contributed by atoms with Gasteiger partial charge in [-0.2, -0.15) is 0 Å². The minimum Gasteiger partial charge on any atom is -0.412 e. The van der Waals surface area contributed by atoms with E-state index in [0.29, 0.717) is 0 Å². The van der Waals surface area contributed by atoms with E-state index in [9.17, 15) is 0 Å². The minimum atomic E-state index is 0. The van der Waals surface area contributed by atoms with E-state index in [1.807, 2.05) is 0 Å². The van der Waals surface area contributed by atoms with Crippen LogP contribution in [0.3, 0.4) is 0 Å². The fraction of sp³-hybridized carbons (Fsp3) is 1.00. The van der Waals surface area contributed by atoms with Crippen molar-refractivity contribution < 1.29 is 5.48 Å². The molecule has 0 saturated heterocycles. The molecule has 15 heavy (non-hydrogen) atoms. The van der Waals surface area contributed by atoms with Crippen LogP contribution in [0.25, 0.3) is 0 Å². The van der Waals surface area contributed by atoms with Crippen molar-refractivity contribution in [2.75, 3.05) is 39.3 Å². The summed E-state index contributed by atoms with van der Waals surface area (Å²) >= 11 is 0. The van der Waals surface area contributed by atoms with Gasteiger partial charge in [0.05, 0.1) is 0 Å². The van der Waals surface area contributed by atoms with Crippen LogP contribution in [0.15, 0.2) is 0 Å². The van der Waals surface area contributed by atoms with Gasteiger partial charge in [-0.25, -0.2) is 0 Å². The van der Waals surface area contributed by atoms with Gasteiger partial charge in [0.25, 0.3) is 0 Å². The Labute approximate surface area is 96.8 Å². The molecule has 0 bridgehead atoms. The zero-order chi connectivity index (χ0) is 11.4. The third-order valence-corrected chi connectivity index (χ3v) is 2.68. The Balaban J connectivity index is -0.000000180. The smallest absolute Gasteiger partial charge is 0.00474 e. The van der Waals surface area contributed by atoms with Gasteiger partial charge in [-0.05, 0) is 39.3 Å². The molecule has 3 heteroatoms. The van der Waals surface area contributed by atoms with Crippen molar-refractivity contribution in [3.8, 4) is 0 Å². The molecule has 0 heterocycles. The molecule has 3 nitrogen and oxygen atoms in total. The van der Waals surface area contributed by atoms with E-state index in [4.69, 9.17) is 0 Å². The van der Waals surface area contributed by atoms with Crippen LogP contribution in [0.1, 0.15) is 41.5 Å². The van der Waals surface area contributed by atoms with Crippen LogP contribution >= 0.6 is 0 Å². The van der Waals surface area contributed by atoms with Crippen LogP contribution in [0.4, 0.5) is 0 Å². The second-order valence-corrected chi connectivity index (χ2v) is 3.24. The van der Waals surface area contributed by atoms with E-state index >= 15 is 0 Å². The van der Waals surface area contributed by atoms with E-state index in [2.05, 4.69) is 51.3 Å². The Morgan fingerprint density at radius 2 is 0.600 bits per heavy atom. The summed E-state index contributed by atoms with van der Waals surface area (Å²) in [6.07, 6.45) is 0. The molecule has 0 aromatic rings. The first-order valence-electron chi connectivity index (χ1n) is 6.14. The third kappa shape index (κ3) is 13.9. The molecule has 0 radical (unpaired) electrons. The molecule has 0 fully saturated rings.